The third kappa shape index (κ3) is 4.38. The lowest BCUT2D eigenvalue weighted by Crippen LogP contribution is -2.48. The van der Waals surface area contributed by atoms with Crippen LogP contribution in [-0.4, -0.2) is 77.7 Å². The summed E-state index contributed by atoms with van der Waals surface area (Å²) in [5.41, 5.74) is 0.231. The van der Waals surface area contributed by atoms with E-state index in [1.807, 2.05) is 18.2 Å². The molecular formula is C17H24BrN7O3S. The highest BCUT2D eigenvalue weighted by atomic mass is 79.9. The summed E-state index contributed by atoms with van der Waals surface area (Å²) < 4.78 is 27.6. The van der Waals surface area contributed by atoms with Crippen LogP contribution in [-0.2, 0) is 17.1 Å². The second kappa shape index (κ2) is 8.67. The molecule has 1 fully saturated rings. The van der Waals surface area contributed by atoms with Gasteiger partial charge in [-0.2, -0.15) is 13.5 Å². The van der Waals surface area contributed by atoms with Crippen LogP contribution in [0, 0.1) is 0 Å². The number of amides is 2. The van der Waals surface area contributed by atoms with Gasteiger partial charge in [0.2, 0.25) is 5.03 Å². The van der Waals surface area contributed by atoms with Crippen LogP contribution >= 0.6 is 17.0 Å². The van der Waals surface area contributed by atoms with Crippen molar-refractivity contribution in [2.24, 2.45) is 7.05 Å². The van der Waals surface area contributed by atoms with Crippen molar-refractivity contribution in [2.45, 2.75) is 11.4 Å². The predicted molar refractivity (Wildman–Crippen MR) is 114 cm³/mol. The number of anilines is 2. The van der Waals surface area contributed by atoms with Gasteiger partial charge in [-0.15, -0.1) is 17.0 Å². The number of aryl methyl sites for hydroxylation is 1. The van der Waals surface area contributed by atoms with E-state index in [9.17, 15) is 13.2 Å². The number of urea groups is 1. The number of piperazine rings is 1. The topological polar surface area (TPSA) is 104 Å². The Balaban J connectivity index is 0.00000240. The fraction of sp³-hybridized carbons (Fsp3) is 0.471. The van der Waals surface area contributed by atoms with Crippen molar-refractivity contribution in [3.05, 3.63) is 30.6 Å². The molecule has 2 aliphatic rings. The van der Waals surface area contributed by atoms with Crippen molar-refractivity contribution in [3.63, 3.8) is 0 Å². The second-order valence-electron chi connectivity index (χ2n) is 6.90. The average molecular weight is 486 g/mol. The molecule has 0 saturated carbocycles. The number of pyridine rings is 1. The van der Waals surface area contributed by atoms with Crippen LogP contribution in [0.15, 0.2) is 35.6 Å². The van der Waals surface area contributed by atoms with Crippen molar-refractivity contribution < 1.29 is 13.2 Å². The Morgan fingerprint density at radius 1 is 1.14 bits per heavy atom. The number of rotatable bonds is 5. The van der Waals surface area contributed by atoms with Crippen molar-refractivity contribution >= 4 is 44.5 Å². The van der Waals surface area contributed by atoms with E-state index in [1.165, 1.54) is 10.9 Å². The minimum Gasteiger partial charge on any atom is -0.354 e. The van der Waals surface area contributed by atoms with Gasteiger partial charge in [0.05, 0.1) is 0 Å². The van der Waals surface area contributed by atoms with Gasteiger partial charge in [-0.3, -0.25) is 9.58 Å². The minimum absolute atomic E-state index is 0. The number of halogens is 1. The molecule has 2 aliphatic heterocycles. The first kappa shape index (κ1) is 21.5. The number of fused-ring (bicyclic) bond motifs is 1. The zero-order valence-corrected chi connectivity index (χ0v) is 18.6. The van der Waals surface area contributed by atoms with E-state index in [1.54, 1.807) is 13.2 Å². The average Bonchev–Trinajstić information content (AvgIpc) is 3.07. The van der Waals surface area contributed by atoms with Crippen molar-refractivity contribution in [2.75, 3.05) is 49.5 Å². The standard InChI is InChI=1S/C17H23N7O3S.BrH/c1-21-13-14-16(20-21)28(26,27)24(17(25)19-14)8-4-7-22-9-11-23(12-10-22)15-5-2-3-6-18-15;/h2-3,5-6,13H,4,7-12H2,1H3,(H,19,25);1H. The van der Waals surface area contributed by atoms with Gasteiger partial charge in [-0.25, -0.2) is 14.1 Å². The molecule has 0 aliphatic carbocycles. The van der Waals surface area contributed by atoms with Gasteiger partial charge in [0.25, 0.3) is 10.0 Å². The van der Waals surface area contributed by atoms with Gasteiger partial charge in [0, 0.05) is 58.7 Å². The quantitative estimate of drug-likeness (QED) is 0.676. The highest BCUT2D eigenvalue weighted by molar-refractivity contribution is 8.93. The van der Waals surface area contributed by atoms with Crippen LogP contribution in [0.1, 0.15) is 6.42 Å². The molecule has 4 rings (SSSR count). The molecule has 29 heavy (non-hydrogen) atoms. The Hall–Kier alpha value is -2.18. The van der Waals surface area contributed by atoms with Crippen LogP contribution in [0.3, 0.4) is 0 Å². The molecule has 0 bridgehead atoms. The number of nitrogens with one attached hydrogen (secondary N) is 1. The van der Waals surface area contributed by atoms with Crippen LogP contribution in [0.25, 0.3) is 0 Å². The summed E-state index contributed by atoms with van der Waals surface area (Å²) in [7, 11) is -2.28. The molecule has 2 aromatic heterocycles. The molecule has 0 radical (unpaired) electrons. The summed E-state index contributed by atoms with van der Waals surface area (Å²) >= 11 is 0. The van der Waals surface area contributed by atoms with Gasteiger partial charge in [0.1, 0.15) is 11.5 Å². The molecule has 1 N–H and O–H groups in total. The maximum Gasteiger partial charge on any atom is 0.335 e. The molecule has 10 nitrogen and oxygen atoms in total. The number of nitrogens with zero attached hydrogens (tertiary/aromatic N) is 6. The predicted octanol–water partition coefficient (Wildman–Crippen LogP) is 1.14. The SMILES string of the molecule is Br.Cn1cc2c(n1)S(=O)(=O)N(CCCN1CCN(c3ccccn3)CC1)C(=O)N2. The van der Waals surface area contributed by atoms with Gasteiger partial charge in [0.15, 0.2) is 0 Å². The van der Waals surface area contributed by atoms with Gasteiger partial charge in [-0.1, -0.05) is 6.07 Å². The number of carbonyl (C=O) groups excluding carboxylic acids is 1. The maximum absolute atomic E-state index is 12.7. The molecule has 0 spiro atoms. The van der Waals surface area contributed by atoms with Crippen molar-refractivity contribution in [1.29, 1.82) is 0 Å². The normalized spacial score (nSPS) is 18.7. The van der Waals surface area contributed by atoms with Crippen LogP contribution in [0.4, 0.5) is 16.3 Å². The minimum atomic E-state index is -3.90. The zero-order valence-electron chi connectivity index (χ0n) is 16.1. The molecule has 0 atom stereocenters. The number of hydrogen-bond donors (Lipinski definition) is 1. The fourth-order valence-electron chi connectivity index (χ4n) is 3.54. The smallest absolute Gasteiger partial charge is 0.335 e. The Labute approximate surface area is 180 Å². The number of aromatic nitrogens is 3. The fourth-order valence-corrected chi connectivity index (χ4v) is 4.99. The molecule has 158 valence electrons. The van der Waals surface area contributed by atoms with Crippen LogP contribution < -0.4 is 10.2 Å². The highest BCUT2D eigenvalue weighted by Gasteiger charge is 2.39. The summed E-state index contributed by atoms with van der Waals surface area (Å²) in [5, 5.41) is 6.47. The molecule has 0 unspecified atom stereocenters. The van der Waals surface area contributed by atoms with E-state index in [-0.39, 0.29) is 34.2 Å². The van der Waals surface area contributed by atoms with E-state index in [4.69, 9.17) is 0 Å². The summed E-state index contributed by atoms with van der Waals surface area (Å²) in [4.78, 5) is 21.1. The van der Waals surface area contributed by atoms with Crippen LogP contribution in [0.5, 0.6) is 0 Å². The summed E-state index contributed by atoms with van der Waals surface area (Å²) in [6.07, 6.45) is 3.85. The molecule has 2 amide bonds. The highest BCUT2D eigenvalue weighted by Crippen LogP contribution is 2.28. The first-order valence-electron chi connectivity index (χ1n) is 9.21. The Kier molecular flexibility index (Phi) is 6.44. The largest absolute Gasteiger partial charge is 0.354 e. The van der Waals surface area contributed by atoms with Crippen molar-refractivity contribution in [3.8, 4) is 0 Å². The maximum atomic E-state index is 12.7. The van der Waals surface area contributed by atoms with Gasteiger partial charge < -0.3 is 10.2 Å². The lowest BCUT2D eigenvalue weighted by atomic mass is 10.3. The Bertz CT molecular complexity index is 959. The first-order valence-corrected chi connectivity index (χ1v) is 10.6. The lowest BCUT2D eigenvalue weighted by Gasteiger charge is -2.35. The molecule has 4 heterocycles. The van der Waals surface area contributed by atoms with E-state index >= 15 is 0 Å². The van der Waals surface area contributed by atoms with E-state index in [2.05, 4.69) is 25.2 Å². The number of hydrogen-bond acceptors (Lipinski definition) is 7. The summed E-state index contributed by atoms with van der Waals surface area (Å²) in [5.74, 6) is 0.976. The van der Waals surface area contributed by atoms with Crippen LogP contribution in [0.2, 0.25) is 0 Å². The van der Waals surface area contributed by atoms with Crippen molar-refractivity contribution in [1.82, 2.24) is 24.0 Å². The number of sulfonamides is 1. The van der Waals surface area contributed by atoms with Gasteiger partial charge in [-0.05, 0) is 18.6 Å². The molecule has 12 heteroatoms. The molecule has 2 aromatic rings. The van der Waals surface area contributed by atoms with Gasteiger partial charge >= 0.3 is 6.03 Å². The van der Waals surface area contributed by atoms with E-state index in [0.717, 1.165) is 42.8 Å². The van der Waals surface area contributed by atoms with E-state index < -0.39 is 16.1 Å². The Morgan fingerprint density at radius 3 is 2.59 bits per heavy atom. The molecular weight excluding hydrogens is 462 g/mol. The monoisotopic (exact) mass is 485 g/mol. The molecule has 0 aromatic carbocycles. The molecule has 1 saturated heterocycles. The lowest BCUT2D eigenvalue weighted by molar-refractivity contribution is 0.225. The number of carbonyl (C=O) groups is 1. The van der Waals surface area contributed by atoms with E-state index in [0.29, 0.717) is 6.42 Å². The Morgan fingerprint density at radius 2 is 1.90 bits per heavy atom. The second-order valence-corrected chi connectivity index (χ2v) is 8.68. The summed E-state index contributed by atoms with van der Waals surface area (Å²) in [6.45, 7) is 4.35. The first-order chi connectivity index (χ1) is 13.4. The summed E-state index contributed by atoms with van der Waals surface area (Å²) in [6, 6.07) is 5.26. The zero-order chi connectivity index (χ0) is 19.7. The third-order valence-electron chi connectivity index (χ3n) is 4.98. The third-order valence-corrected chi connectivity index (χ3v) is 6.70.